The number of halogens is 1. The van der Waals surface area contributed by atoms with Crippen molar-refractivity contribution in [3.05, 3.63) is 59.4 Å². The zero-order valence-electron chi connectivity index (χ0n) is 10.9. The minimum absolute atomic E-state index is 0.143. The molecule has 0 aliphatic rings. The highest BCUT2D eigenvalue weighted by Crippen LogP contribution is 2.20. The van der Waals surface area contributed by atoms with E-state index in [4.69, 9.17) is 5.73 Å². The smallest absolute Gasteiger partial charge is 0.260 e. The number of amides is 1. The molecule has 0 heterocycles. The van der Waals surface area contributed by atoms with E-state index in [9.17, 15) is 9.18 Å². The highest BCUT2D eigenvalue weighted by atomic mass is 19.1. The number of hydrogen-bond acceptors (Lipinski definition) is 2. The maximum absolute atomic E-state index is 13.0. The van der Waals surface area contributed by atoms with Crippen LogP contribution in [-0.4, -0.2) is 13.0 Å². The Labute approximate surface area is 111 Å². The van der Waals surface area contributed by atoms with Crippen LogP contribution in [0.3, 0.4) is 0 Å². The lowest BCUT2D eigenvalue weighted by Crippen LogP contribution is -2.27. The predicted octanol–water partition coefficient (Wildman–Crippen LogP) is 2.99. The van der Waals surface area contributed by atoms with Gasteiger partial charge < -0.3 is 10.6 Å². The summed E-state index contributed by atoms with van der Waals surface area (Å²) in [5.74, 6) is -0.713. The summed E-state index contributed by atoms with van der Waals surface area (Å²) >= 11 is 0. The molecule has 0 radical (unpaired) electrons. The number of benzene rings is 2. The van der Waals surface area contributed by atoms with E-state index in [1.165, 1.54) is 17.0 Å². The second-order valence-electron chi connectivity index (χ2n) is 4.43. The molecule has 2 aromatic carbocycles. The highest BCUT2D eigenvalue weighted by Gasteiger charge is 2.16. The Bertz CT molecular complexity index is 625. The largest absolute Gasteiger partial charge is 0.398 e. The summed E-state index contributed by atoms with van der Waals surface area (Å²) in [4.78, 5) is 13.8. The Morgan fingerprint density at radius 1 is 1.21 bits per heavy atom. The first kappa shape index (κ1) is 13.1. The van der Waals surface area contributed by atoms with Crippen molar-refractivity contribution in [3.63, 3.8) is 0 Å². The molecule has 1 amide bonds. The number of aryl methyl sites for hydroxylation is 1. The molecule has 0 saturated heterocycles. The second kappa shape index (κ2) is 5.10. The van der Waals surface area contributed by atoms with E-state index in [1.807, 2.05) is 31.2 Å². The van der Waals surface area contributed by atoms with Crippen LogP contribution in [0.25, 0.3) is 0 Å². The summed E-state index contributed by atoms with van der Waals surface area (Å²) < 4.78 is 13.0. The third kappa shape index (κ3) is 2.73. The first-order chi connectivity index (χ1) is 8.99. The van der Waals surface area contributed by atoms with Crippen molar-refractivity contribution in [2.45, 2.75) is 6.92 Å². The molecule has 0 aromatic heterocycles. The number of nitrogen functional groups attached to an aromatic ring is 1. The van der Waals surface area contributed by atoms with Crippen molar-refractivity contribution >= 4 is 17.3 Å². The molecule has 19 heavy (non-hydrogen) atoms. The van der Waals surface area contributed by atoms with E-state index in [2.05, 4.69) is 0 Å². The molecular weight excluding hydrogens is 243 g/mol. The number of nitrogens with zero attached hydrogens (tertiary/aromatic N) is 1. The van der Waals surface area contributed by atoms with Crippen LogP contribution in [0.5, 0.6) is 0 Å². The molecule has 3 nitrogen and oxygen atoms in total. The average Bonchev–Trinajstić information content (AvgIpc) is 2.37. The van der Waals surface area contributed by atoms with Crippen LogP contribution in [0, 0.1) is 12.7 Å². The molecule has 0 unspecified atom stereocenters. The molecule has 2 aromatic rings. The van der Waals surface area contributed by atoms with Gasteiger partial charge in [0.25, 0.3) is 5.91 Å². The summed E-state index contributed by atoms with van der Waals surface area (Å²) in [7, 11) is 1.67. The number of hydrogen-bond donors (Lipinski definition) is 1. The summed E-state index contributed by atoms with van der Waals surface area (Å²) in [5.41, 5.74) is 7.95. The lowest BCUT2D eigenvalue weighted by Gasteiger charge is -2.18. The maximum atomic E-state index is 13.0. The van der Waals surface area contributed by atoms with Gasteiger partial charge in [-0.25, -0.2) is 4.39 Å². The Morgan fingerprint density at radius 2 is 1.95 bits per heavy atom. The van der Waals surface area contributed by atoms with Gasteiger partial charge in [0.1, 0.15) is 5.82 Å². The van der Waals surface area contributed by atoms with Crippen LogP contribution in [0.15, 0.2) is 42.5 Å². The zero-order valence-corrected chi connectivity index (χ0v) is 10.9. The van der Waals surface area contributed by atoms with E-state index >= 15 is 0 Å². The minimum atomic E-state index is -0.452. The number of carbonyl (C=O) groups is 1. The van der Waals surface area contributed by atoms with E-state index in [-0.39, 0.29) is 11.6 Å². The molecule has 0 saturated carbocycles. The fraction of sp³-hybridized carbons (Fsp3) is 0.133. The number of rotatable bonds is 2. The quantitative estimate of drug-likeness (QED) is 0.842. The summed E-state index contributed by atoms with van der Waals surface area (Å²) in [6, 6.07) is 11.4. The summed E-state index contributed by atoms with van der Waals surface area (Å²) in [6.45, 7) is 1.95. The molecule has 0 aliphatic carbocycles. The van der Waals surface area contributed by atoms with Crippen molar-refractivity contribution in [2.24, 2.45) is 0 Å². The first-order valence-electron chi connectivity index (χ1n) is 5.89. The monoisotopic (exact) mass is 258 g/mol. The molecule has 2 N–H and O–H groups in total. The molecule has 0 bridgehead atoms. The van der Waals surface area contributed by atoms with Gasteiger partial charge in [0.15, 0.2) is 0 Å². The molecule has 0 atom stereocenters. The Hall–Kier alpha value is -2.36. The summed E-state index contributed by atoms with van der Waals surface area (Å²) in [5, 5.41) is 0. The van der Waals surface area contributed by atoms with Gasteiger partial charge in [-0.15, -0.1) is 0 Å². The van der Waals surface area contributed by atoms with Gasteiger partial charge in [0, 0.05) is 18.4 Å². The van der Waals surface area contributed by atoms with Crippen LogP contribution in [0.2, 0.25) is 0 Å². The third-order valence-electron chi connectivity index (χ3n) is 2.94. The Morgan fingerprint density at radius 3 is 2.58 bits per heavy atom. The highest BCUT2D eigenvalue weighted by molar-refractivity contribution is 6.09. The normalized spacial score (nSPS) is 10.3. The third-order valence-corrected chi connectivity index (χ3v) is 2.94. The maximum Gasteiger partial charge on any atom is 0.260 e. The van der Waals surface area contributed by atoms with E-state index in [1.54, 1.807) is 7.05 Å². The van der Waals surface area contributed by atoms with E-state index in [0.717, 1.165) is 17.3 Å². The van der Waals surface area contributed by atoms with Crippen LogP contribution in [-0.2, 0) is 0 Å². The molecule has 4 heteroatoms. The SMILES string of the molecule is Cc1cccc(N(C)C(=O)c2ccc(F)cc2N)c1. The van der Waals surface area contributed by atoms with Crippen LogP contribution in [0.1, 0.15) is 15.9 Å². The lowest BCUT2D eigenvalue weighted by molar-refractivity contribution is 0.0994. The van der Waals surface area contributed by atoms with Gasteiger partial charge >= 0.3 is 0 Å². The fourth-order valence-corrected chi connectivity index (χ4v) is 1.86. The van der Waals surface area contributed by atoms with E-state index < -0.39 is 5.82 Å². The van der Waals surface area contributed by atoms with Crippen molar-refractivity contribution < 1.29 is 9.18 Å². The molecular formula is C15H15FN2O. The average molecular weight is 258 g/mol. The number of anilines is 2. The van der Waals surface area contributed by atoms with E-state index in [0.29, 0.717) is 5.56 Å². The predicted molar refractivity (Wildman–Crippen MR) is 74.7 cm³/mol. The molecule has 0 fully saturated rings. The topological polar surface area (TPSA) is 46.3 Å². The van der Waals surface area contributed by atoms with Crippen LogP contribution < -0.4 is 10.6 Å². The molecule has 98 valence electrons. The fourth-order valence-electron chi connectivity index (χ4n) is 1.86. The van der Waals surface area contributed by atoms with Gasteiger partial charge in [-0.3, -0.25) is 4.79 Å². The van der Waals surface area contributed by atoms with Gasteiger partial charge in [-0.1, -0.05) is 12.1 Å². The lowest BCUT2D eigenvalue weighted by atomic mass is 10.1. The van der Waals surface area contributed by atoms with Gasteiger partial charge in [-0.2, -0.15) is 0 Å². The van der Waals surface area contributed by atoms with Crippen molar-refractivity contribution in [1.29, 1.82) is 0 Å². The van der Waals surface area contributed by atoms with Gasteiger partial charge in [0.05, 0.1) is 5.56 Å². The van der Waals surface area contributed by atoms with Crippen molar-refractivity contribution in [2.75, 3.05) is 17.7 Å². The van der Waals surface area contributed by atoms with Crippen molar-refractivity contribution in [1.82, 2.24) is 0 Å². The molecule has 0 aliphatic heterocycles. The van der Waals surface area contributed by atoms with Gasteiger partial charge in [-0.05, 0) is 42.8 Å². The number of nitrogens with two attached hydrogens (primary N) is 1. The van der Waals surface area contributed by atoms with Gasteiger partial charge in [0.2, 0.25) is 0 Å². The summed E-state index contributed by atoms with van der Waals surface area (Å²) in [6.07, 6.45) is 0. The first-order valence-corrected chi connectivity index (χ1v) is 5.89. The second-order valence-corrected chi connectivity index (χ2v) is 4.43. The van der Waals surface area contributed by atoms with Crippen LogP contribution in [0.4, 0.5) is 15.8 Å². The molecule has 0 spiro atoms. The molecule has 2 rings (SSSR count). The standard InChI is InChI=1S/C15H15FN2O/c1-10-4-3-5-12(8-10)18(2)15(19)13-7-6-11(16)9-14(13)17/h3-9H,17H2,1-2H3. The minimum Gasteiger partial charge on any atom is -0.398 e. The zero-order chi connectivity index (χ0) is 14.0. The van der Waals surface area contributed by atoms with Crippen LogP contribution >= 0.6 is 0 Å². The Kier molecular flexibility index (Phi) is 3.51. The Balaban J connectivity index is 2.33. The van der Waals surface area contributed by atoms with Crippen molar-refractivity contribution in [3.8, 4) is 0 Å². The number of carbonyl (C=O) groups excluding carboxylic acids is 1.